The molecule has 86 valence electrons. The summed E-state index contributed by atoms with van der Waals surface area (Å²) in [5.41, 5.74) is 4.26. The van der Waals surface area contributed by atoms with Crippen LogP contribution in [0.25, 0.3) is 0 Å². The zero-order valence-electron chi connectivity index (χ0n) is 10.3. The summed E-state index contributed by atoms with van der Waals surface area (Å²) >= 11 is 0. The Bertz CT molecular complexity index is 392. The van der Waals surface area contributed by atoms with Crippen molar-refractivity contribution in [2.24, 2.45) is 0 Å². The summed E-state index contributed by atoms with van der Waals surface area (Å²) in [6, 6.07) is 6.50. The lowest BCUT2D eigenvalue weighted by Crippen LogP contribution is -2.10. The number of hydrogen-bond acceptors (Lipinski definition) is 1. The molecule has 0 aromatic heterocycles. The Hall–Kier alpha value is -1.24. The summed E-state index contributed by atoms with van der Waals surface area (Å²) in [5.74, 6) is 1.63. The Labute approximate surface area is 98.1 Å². The molecule has 1 heteroatoms. The van der Waals surface area contributed by atoms with Crippen molar-refractivity contribution in [3.8, 4) is 5.75 Å². The average Bonchev–Trinajstić information content (AvgIpc) is 2.28. The van der Waals surface area contributed by atoms with Gasteiger partial charge in [0.15, 0.2) is 0 Å². The predicted octanol–water partition coefficient (Wildman–Crippen LogP) is 4.08. The molecule has 1 aromatic carbocycles. The van der Waals surface area contributed by atoms with Gasteiger partial charge in [-0.15, -0.1) is 6.58 Å². The highest BCUT2D eigenvalue weighted by molar-refractivity contribution is 5.40. The third-order valence-electron chi connectivity index (χ3n) is 3.39. The second kappa shape index (κ2) is 4.73. The number of aryl methyl sites for hydroxylation is 1. The molecule has 0 N–H and O–H groups in total. The van der Waals surface area contributed by atoms with E-state index in [1.54, 1.807) is 7.11 Å². The molecular weight excluding hydrogens is 196 g/mol. The van der Waals surface area contributed by atoms with E-state index in [0.717, 1.165) is 12.2 Å². The Kier molecular flexibility index (Phi) is 3.33. The van der Waals surface area contributed by atoms with Gasteiger partial charge >= 0.3 is 0 Å². The largest absolute Gasteiger partial charge is 0.497 e. The minimum atomic E-state index is 0.649. The normalized spacial score (nSPS) is 19.0. The predicted molar refractivity (Wildman–Crippen MR) is 68.1 cm³/mol. The molecule has 0 amide bonds. The third-order valence-corrected chi connectivity index (χ3v) is 3.39. The van der Waals surface area contributed by atoms with Gasteiger partial charge in [-0.1, -0.05) is 11.6 Å². The number of allylic oxidation sites excluding steroid dienone is 1. The van der Waals surface area contributed by atoms with Crippen molar-refractivity contribution in [2.75, 3.05) is 7.11 Å². The van der Waals surface area contributed by atoms with Gasteiger partial charge in [-0.05, 0) is 61.8 Å². The number of benzene rings is 1. The fraction of sp³-hybridized carbons (Fsp3) is 0.467. The summed E-state index contributed by atoms with van der Waals surface area (Å²) in [6.45, 7) is 6.15. The molecule has 2 rings (SSSR count). The maximum Gasteiger partial charge on any atom is 0.119 e. The van der Waals surface area contributed by atoms with E-state index in [-0.39, 0.29) is 0 Å². The average molecular weight is 216 g/mol. The molecule has 1 atom stereocenters. The van der Waals surface area contributed by atoms with Gasteiger partial charge in [0.25, 0.3) is 0 Å². The fourth-order valence-electron chi connectivity index (χ4n) is 2.63. The van der Waals surface area contributed by atoms with Crippen molar-refractivity contribution in [1.82, 2.24) is 0 Å². The van der Waals surface area contributed by atoms with E-state index in [1.807, 2.05) is 0 Å². The second-order valence-electron chi connectivity index (χ2n) is 4.82. The summed E-state index contributed by atoms with van der Waals surface area (Å²) in [4.78, 5) is 0. The molecule has 0 heterocycles. The van der Waals surface area contributed by atoms with E-state index in [9.17, 15) is 0 Å². The highest BCUT2D eigenvalue weighted by atomic mass is 16.5. The standard InChI is InChI=1S/C15H20O/c1-11(2)9-13-6-4-5-12-7-8-14(16-3)10-15(12)13/h7-8,10,13H,1,4-6,9H2,2-3H3. The molecule has 16 heavy (non-hydrogen) atoms. The second-order valence-corrected chi connectivity index (χ2v) is 4.82. The number of hydrogen-bond donors (Lipinski definition) is 0. The number of fused-ring (bicyclic) bond motifs is 1. The SMILES string of the molecule is C=C(C)CC1CCCc2ccc(OC)cc21. The minimum Gasteiger partial charge on any atom is -0.497 e. The lowest BCUT2D eigenvalue weighted by atomic mass is 9.80. The van der Waals surface area contributed by atoms with Crippen LogP contribution < -0.4 is 4.74 Å². The van der Waals surface area contributed by atoms with Crippen LogP contribution in [0.2, 0.25) is 0 Å². The quantitative estimate of drug-likeness (QED) is 0.692. The summed E-state index contributed by atoms with van der Waals surface area (Å²) in [5, 5.41) is 0. The maximum absolute atomic E-state index is 5.31. The van der Waals surface area contributed by atoms with E-state index < -0.39 is 0 Å². The van der Waals surface area contributed by atoms with Gasteiger partial charge in [0, 0.05) is 0 Å². The molecule has 0 fully saturated rings. The van der Waals surface area contributed by atoms with E-state index in [2.05, 4.69) is 31.7 Å². The smallest absolute Gasteiger partial charge is 0.119 e. The molecule has 0 saturated heterocycles. The van der Waals surface area contributed by atoms with Gasteiger partial charge in [-0.2, -0.15) is 0 Å². The summed E-state index contributed by atoms with van der Waals surface area (Å²) < 4.78 is 5.31. The van der Waals surface area contributed by atoms with Crippen molar-refractivity contribution in [3.05, 3.63) is 41.5 Å². The van der Waals surface area contributed by atoms with E-state index in [1.165, 1.54) is 36.0 Å². The first-order valence-electron chi connectivity index (χ1n) is 6.02. The maximum atomic E-state index is 5.31. The van der Waals surface area contributed by atoms with Crippen LogP contribution in [0.1, 0.15) is 43.2 Å². The van der Waals surface area contributed by atoms with Crippen LogP contribution in [-0.4, -0.2) is 7.11 Å². The molecule has 1 unspecified atom stereocenters. The van der Waals surface area contributed by atoms with Crippen molar-refractivity contribution in [1.29, 1.82) is 0 Å². The Balaban J connectivity index is 2.31. The van der Waals surface area contributed by atoms with Crippen LogP contribution in [-0.2, 0) is 6.42 Å². The van der Waals surface area contributed by atoms with Crippen molar-refractivity contribution >= 4 is 0 Å². The lowest BCUT2D eigenvalue weighted by Gasteiger charge is -2.26. The molecule has 1 nitrogen and oxygen atoms in total. The third kappa shape index (κ3) is 2.29. The minimum absolute atomic E-state index is 0.649. The Morgan fingerprint density at radius 2 is 2.31 bits per heavy atom. The number of methoxy groups -OCH3 is 1. The summed E-state index contributed by atoms with van der Waals surface area (Å²) in [7, 11) is 1.73. The van der Waals surface area contributed by atoms with E-state index >= 15 is 0 Å². The van der Waals surface area contributed by atoms with Gasteiger partial charge in [0.05, 0.1) is 7.11 Å². The van der Waals surface area contributed by atoms with Crippen LogP contribution in [0.15, 0.2) is 30.4 Å². The van der Waals surface area contributed by atoms with Crippen LogP contribution in [0.5, 0.6) is 5.75 Å². The monoisotopic (exact) mass is 216 g/mol. The molecule has 0 bridgehead atoms. The molecule has 0 radical (unpaired) electrons. The van der Waals surface area contributed by atoms with Crippen LogP contribution in [0.4, 0.5) is 0 Å². The zero-order chi connectivity index (χ0) is 11.5. The molecule has 0 aliphatic heterocycles. The van der Waals surface area contributed by atoms with Crippen molar-refractivity contribution < 1.29 is 4.74 Å². The Morgan fingerprint density at radius 3 is 3.00 bits per heavy atom. The number of ether oxygens (including phenoxy) is 1. The first-order valence-corrected chi connectivity index (χ1v) is 6.02. The van der Waals surface area contributed by atoms with Crippen LogP contribution in [0.3, 0.4) is 0 Å². The first-order chi connectivity index (χ1) is 7.70. The van der Waals surface area contributed by atoms with Gasteiger partial charge in [0.2, 0.25) is 0 Å². The molecule has 1 aliphatic rings. The van der Waals surface area contributed by atoms with Crippen molar-refractivity contribution in [3.63, 3.8) is 0 Å². The van der Waals surface area contributed by atoms with Crippen LogP contribution >= 0.6 is 0 Å². The lowest BCUT2D eigenvalue weighted by molar-refractivity contribution is 0.412. The molecule has 1 aromatic rings. The highest BCUT2D eigenvalue weighted by Gasteiger charge is 2.20. The van der Waals surface area contributed by atoms with E-state index in [0.29, 0.717) is 5.92 Å². The Morgan fingerprint density at radius 1 is 1.50 bits per heavy atom. The van der Waals surface area contributed by atoms with Gasteiger partial charge in [-0.3, -0.25) is 0 Å². The fourth-order valence-corrected chi connectivity index (χ4v) is 2.63. The molecular formula is C15H20O. The molecule has 0 saturated carbocycles. The zero-order valence-corrected chi connectivity index (χ0v) is 10.3. The molecule has 1 aliphatic carbocycles. The van der Waals surface area contributed by atoms with Crippen LogP contribution in [0, 0.1) is 0 Å². The number of rotatable bonds is 3. The molecule has 0 spiro atoms. The first kappa shape index (κ1) is 11.3. The topological polar surface area (TPSA) is 9.23 Å². The van der Waals surface area contributed by atoms with Crippen molar-refractivity contribution in [2.45, 2.75) is 38.5 Å². The van der Waals surface area contributed by atoms with Gasteiger partial charge in [-0.25, -0.2) is 0 Å². The van der Waals surface area contributed by atoms with E-state index in [4.69, 9.17) is 4.74 Å². The van der Waals surface area contributed by atoms with Gasteiger partial charge < -0.3 is 4.74 Å². The van der Waals surface area contributed by atoms with Gasteiger partial charge in [0.1, 0.15) is 5.75 Å². The highest BCUT2D eigenvalue weighted by Crippen LogP contribution is 2.37. The summed E-state index contributed by atoms with van der Waals surface area (Å²) in [6.07, 6.45) is 4.91.